The number of amides is 1. The van der Waals surface area contributed by atoms with Crippen molar-refractivity contribution in [2.24, 2.45) is 0 Å². The third-order valence-corrected chi connectivity index (χ3v) is 4.05. The number of methoxy groups -OCH3 is 3. The molecule has 0 radical (unpaired) electrons. The summed E-state index contributed by atoms with van der Waals surface area (Å²) in [6.45, 7) is 3.05. The Kier molecular flexibility index (Phi) is 4.29. The summed E-state index contributed by atoms with van der Waals surface area (Å²) in [5.74, 6) is 1.59. The maximum Gasteiger partial charge on any atom is 0.270 e. The molecule has 0 atom stereocenters. The molecular weight excluding hydrogens is 298 g/mol. The minimum atomic E-state index is -0.0114. The molecule has 1 aliphatic heterocycles. The van der Waals surface area contributed by atoms with Crippen molar-refractivity contribution < 1.29 is 19.0 Å². The van der Waals surface area contributed by atoms with Gasteiger partial charge in [0.1, 0.15) is 5.69 Å². The first-order valence-corrected chi connectivity index (χ1v) is 7.51. The van der Waals surface area contributed by atoms with E-state index >= 15 is 0 Å². The zero-order valence-corrected chi connectivity index (χ0v) is 13.6. The van der Waals surface area contributed by atoms with Crippen LogP contribution in [-0.2, 0) is 0 Å². The number of benzene rings is 1. The van der Waals surface area contributed by atoms with Crippen molar-refractivity contribution in [3.8, 4) is 17.2 Å². The van der Waals surface area contributed by atoms with Crippen LogP contribution < -0.4 is 19.5 Å². The topological polar surface area (TPSA) is 75.8 Å². The first kappa shape index (κ1) is 15.5. The highest BCUT2D eigenvalue weighted by Gasteiger charge is 2.23. The van der Waals surface area contributed by atoms with Crippen molar-refractivity contribution in [3.05, 3.63) is 17.8 Å². The van der Waals surface area contributed by atoms with Crippen LogP contribution in [0.2, 0.25) is 0 Å². The number of hydrogen-bond acceptors (Lipinski definition) is 5. The zero-order chi connectivity index (χ0) is 16.4. The molecule has 1 saturated heterocycles. The van der Waals surface area contributed by atoms with Crippen molar-refractivity contribution >= 4 is 16.8 Å². The second-order valence-electron chi connectivity index (χ2n) is 5.33. The lowest BCUT2D eigenvalue weighted by atomic mass is 10.2. The quantitative estimate of drug-likeness (QED) is 0.887. The number of rotatable bonds is 4. The van der Waals surface area contributed by atoms with Crippen molar-refractivity contribution in [2.45, 2.75) is 0 Å². The van der Waals surface area contributed by atoms with Crippen LogP contribution in [0.1, 0.15) is 10.5 Å². The lowest BCUT2D eigenvalue weighted by Gasteiger charge is -2.26. The second kappa shape index (κ2) is 6.37. The van der Waals surface area contributed by atoms with E-state index in [1.165, 1.54) is 0 Å². The van der Waals surface area contributed by atoms with E-state index in [2.05, 4.69) is 10.3 Å². The van der Waals surface area contributed by atoms with Gasteiger partial charge in [-0.25, -0.2) is 0 Å². The molecule has 1 fully saturated rings. The highest BCUT2D eigenvalue weighted by Crippen LogP contribution is 2.43. The molecule has 23 heavy (non-hydrogen) atoms. The number of H-pyrrole nitrogens is 1. The van der Waals surface area contributed by atoms with Gasteiger partial charge in [0.2, 0.25) is 5.75 Å². The number of aromatic nitrogens is 1. The van der Waals surface area contributed by atoms with Crippen LogP contribution in [0.3, 0.4) is 0 Å². The predicted molar refractivity (Wildman–Crippen MR) is 86.7 cm³/mol. The summed E-state index contributed by atoms with van der Waals surface area (Å²) in [5.41, 5.74) is 1.26. The highest BCUT2D eigenvalue weighted by atomic mass is 16.5. The Balaban J connectivity index is 2.05. The van der Waals surface area contributed by atoms with Crippen LogP contribution in [0.25, 0.3) is 10.9 Å². The van der Waals surface area contributed by atoms with E-state index in [1.807, 2.05) is 17.0 Å². The summed E-state index contributed by atoms with van der Waals surface area (Å²) >= 11 is 0. The van der Waals surface area contributed by atoms with Crippen molar-refractivity contribution in [1.82, 2.24) is 15.2 Å². The number of piperazine rings is 1. The van der Waals surface area contributed by atoms with Crippen LogP contribution in [0.5, 0.6) is 17.2 Å². The Morgan fingerprint density at radius 2 is 1.74 bits per heavy atom. The molecule has 2 heterocycles. The van der Waals surface area contributed by atoms with E-state index in [1.54, 1.807) is 21.3 Å². The molecule has 0 saturated carbocycles. The number of carbonyl (C=O) groups excluding carboxylic acids is 1. The van der Waals surface area contributed by atoms with E-state index in [0.29, 0.717) is 36.0 Å². The molecule has 7 nitrogen and oxygen atoms in total. The molecule has 1 amide bonds. The summed E-state index contributed by atoms with van der Waals surface area (Å²) in [6, 6.07) is 3.66. The van der Waals surface area contributed by atoms with Gasteiger partial charge in [0.15, 0.2) is 11.5 Å². The standard InChI is InChI=1S/C16H21N3O4/c1-21-12-9-10-8-11(16(20)19-6-4-17-5-7-19)18-13(10)15(23-3)14(12)22-2/h8-9,17-18H,4-7H2,1-3H3. The minimum Gasteiger partial charge on any atom is -0.493 e. The van der Waals surface area contributed by atoms with Gasteiger partial charge in [-0.15, -0.1) is 0 Å². The van der Waals surface area contributed by atoms with Crippen LogP contribution in [0.15, 0.2) is 12.1 Å². The average molecular weight is 319 g/mol. The Bertz CT molecular complexity index is 720. The normalized spacial score (nSPS) is 14.8. The molecule has 1 aromatic carbocycles. The number of hydrogen-bond donors (Lipinski definition) is 2. The third kappa shape index (κ3) is 2.68. The fourth-order valence-corrected chi connectivity index (χ4v) is 2.90. The zero-order valence-electron chi connectivity index (χ0n) is 13.6. The van der Waals surface area contributed by atoms with Crippen LogP contribution in [0.4, 0.5) is 0 Å². The van der Waals surface area contributed by atoms with Gasteiger partial charge in [0.05, 0.1) is 26.8 Å². The van der Waals surface area contributed by atoms with Gasteiger partial charge in [-0.3, -0.25) is 4.79 Å². The van der Waals surface area contributed by atoms with E-state index < -0.39 is 0 Å². The van der Waals surface area contributed by atoms with Gasteiger partial charge in [0.25, 0.3) is 5.91 Å². The largest absolute Gasteiger partial charge is 0.493 e. The molecule has 3 rings (SSSR count). The number of aromatic amines is 1. The molecule has 0 unspecified atom stereocenters. The number of nitrogens with zero attached hydrogens (tertiary/aromatic N) is 1. The van der Waals surface area contributed by atoms with Crippen LogP contribution in [0, 0.1) is 0 Å². The summed E-state index contributed by atoms with van der Waals surface area (Å²) in [7, 11) is 4.69. The van der Waals surface area contributed by atoms with Gasteiger partial charge in [0, 0.05) is 31.6 Å². The van der Waals surface area contributed by atoms with Gasteiger partial charge >= 0.3 is 0 Å². The SMILES string of the molecule is COc1cc2cc(C(=O)N3CCNCC3)[nH]c2c(OC)c1OC. The monoisotopic (exact) mass is 319 g/mol. The molecule has 1 aromatic heterocycles. The minimum absolute atomic E-state index is 0.0114. The molecule has 2 aromatic rings. The summed E-state index contributed by atoms with van der Waals surface area (Å²) in [6.07, 6.45) is 0. The number of nitrogens with one attached hydrogen (secondary N) is 2. The molecule has 124 valence electrons. The smallest absolute Gasteiger partial charge is 0.270 e. The van der Waals surface area contributed by atoms with Crippen molar-refractivity contribution in [2.75, 3.05) is 47.5 Å². The maximum atomic E-state index is 12.6. The van der Waals surface area contributed by atoms with Crippen molar-refractivity contribution in [1.29, 1.82) is 0 Å². The van der Waals surface area contributed by atoms with Crippen LogP contribution >= 0.6 is 0 Å². The number of ether oxygens (including phenoxy) is 3. The fourth-order valence-electron chi connectivity index (χ4n) is 2.90. The number of carbonyl (C=O) groups is 1. The Hall–Kier alpha value is -2.41. The Morgan fingerprint density at radius 3 is 2.35 bits per heavy atom. The van der Waals surface area contributed by atoms with Crippen LogP contribution in [-0.4, -0.2) is 63.3 Å². The Morgan fingerprint density at radius 1 is 1.04 bits per heavy atom. The highest BCUT2D eigenvalue weighted by molar-refractivity contribution is 6.01. The van der Waals surface area contributed by atoms with Gasteiger partial charge < -0.3 is 29.4 Å². The first-order chi connectivity index (χ1) is 11.2. The van der Waals surface area contributed by atoms with Gasteiger partial charge in [-0.2, -0.15) is 0 Å². The lowest BCUT2D eigenvalue weighted by molar-refractivity contribution is 0.0731. The molecule has 7 heteroatoms. The van der Waals surface area contributed by atoms with E-state index in [4.69, 9.17) is 14.2 Å². The molecule has 1 aliphatic rings. The average Bonchev–Trinajstić information content (AvgIpc) is 3.03. The van der Waals surface area contributed by atoms with E-state index in [0.717, 1.165) is 24.0 Å². The Labute approximate surface area is 134 Å². The maximum absolute atomic E-state index is 12.6. The summed E-state index contributed by atoms with van der Waals surface area (Å²) in [4.78, 5) is 17.6. The summed E-state index contributed by atoms with van der Waals surface area (Å²) in [5, 5.41) is 4.08. The van der Waals surface area contributed by atoms with E-state index in [-0.39, 0.29) is 5.91 Å². The molecule has 0 bridgehead atoms. The summed E-state index contributed by atoms with van der Waals surface area (Å²) < 4.78 is 16.2. The van der Waals surface area contributed by atoms with E-state index in [9.17, 15) is 4.79 Å². The molecule has 0 aliphatic carbocycles. The molecule has 0 spiro atoms. The molecular formula is C16H21N3O4. The second-order valence-corrected chi connectivity index (χ2v) is 5.33. The third-order valence-electron chi connectivity index (χ3n) is 4.05. The first-order valence-electron chi connectivity index (χ1n) is 7.51. The predicted octanol–water partition coefficient (Wildman–Crippen LogP) is 1.24. The van der Waals surface area contributed by atoms with Gasteiger partial charge in [-0.05, 0) is 12.1 Å². The lowest BCUT2D eigenvalue weighted by Crippen LogP contribution is -2.46. The molecule has 2 N–H and O–H groups in total. The number of fused-ring (bicyclic) bond motifs is 1. The fraction of sp³-hybridized carbons (Fsp3) is 0.438. The van der Waals surface area contributed by atoms with Crippen molar-refractivity contribution in [3.63, 3.8) is 0 Å². The van der Waals surface area contributed by atoms with Gasteiger partial charge in [-0.1, -0.05) is 0 Å².